The molecule has 1 aromatic heterocycles. The molecule has 0 radical (unpaired) electrons. The number of aromatic nitrogens is 1. The van der Waals surface area contributed by atoms with Gasteiger partial charge < -0.3 is 34.3 Å². The van der Waals surface area contributed by atoms with Crippen molar-refractivity contribution in [1.82, 2.24) is 24.6 Å². The Morgan fingerprint density at radius 1 is 0.940 bits per heavy atom. The number of carbonyl (C=O) groups excluding carboxylic acids is 3. The van der Waals surface area contributed by atoms with Crippen molar-refractivity contribution in [3.63, 3.8) is 0 Å². The van der Waals surface area contributed by atoms with Gasteiger partial charge in [0.25, 0.3) is 5.91 Å². The molecule has 5 heterocycles. The summed E-state index contributed by atoms with van der Waals surface area (Å²) in [5.74, 6) is -1.68. The molecule has 14 nitrogen and oxygen atoms in total. The summed E-state index contributed by atoms with van der Waals surface area (Å²) < 4.78 is 11.3. The number of aliphatic carboxylic acids is 1. The minimum Gasteiger partial charge on any atom is -0.480 e. The van der Waals surface area contributed by atoms with E-state index in [1.54, 1.807) is 15.9 Å². The molecular weight excluding hydrogens is 644 g/mol. The first-order chi connectivity index (χ1) is 24.1. The van der Waals surface area contributed by atoms with E-state index in [0.717, 1.165) is 36.2 Å². The Hall–Kier alpha value is -4.85. The zero-order chi connectivity index (χ0) is 34.9. The van der Waals surface area contributed by atoms with Crippen LogP contribution in [0.15, 0.2) is 45.6 Å². The van der Waals surface area contributed by atoms with Gasteiger partial charge in [0.15, 0.2) is 11.7 Å². The Kier molecular flexibility index (Phi) is 9.54. The summed E-state index contributed by atoms with van der Waals surface area (Å²) in [6, 6.07) is 10.8. The maximum atomic E-state index is 14.1. The number of amides is 4. The highest BCUT2D eigenvalue weighted by Gasteiger charge is 2.39. The molecule has 14 heteroatoms. The fourth-order valence-electron chi connectivity index (χ4n) is 8.21. The number of carboxylic acid groups (broad SMARTS) is 1. The highest BCUT2D eigenvalue weighted by Crippen LogP contribution is 2.29. The third-order valence-electron chi connectivity index (χ3n) is 10.9. The third kappa shape index (κ3) is 6.93. The SMILES string of the molecule is Cc1cc(C[C@@H](OC(=O)N2CCC(N3CCc4ccccc4NC3=O)CC2)C(=O)N2CCC(N3CCC[C@@H]3C(=O)O)CC2)cc2oc(=O)[nH]c12. The highest BCUT2D eigenvalue weighted by atomic mass is 16.6. The van der Waals surface area contributed by atoms with Crippen LogP contribution >= 0.6 is 0 Å². The number of carbonyl (C=O) groups is 4. The number of fused-ring (bicyclic) bond motifs is 2. The molecule has 4 aliphatic heterocycles. The van der Waals surface area contributed by atoms with Gasteiger partial charge in [0.05, 0.1) is 5.52 Å². The number of nitrogens with one attached hydrogen (secondary N) is 2. The number of rotatable bonds is 7. The quantitative estimate of drug-likeness (QED) is 0.336. The fraction of sp³-hybridized carbons (Fsp3) is 0.528. The van der Waals surface area contributed by atoms with Crippen molar-refractivity contribution in [3.05, 3.63) is 63.6 Å². The van der Waals surface area contributed by atoms with Gasteiger partial charge >= 0.3 is 23.8 Å². The van der Waals surface area contributed by atoms with Crippen LogP contribution in [0.3, 0.4) is 0 Å². The molecule has 3 aromatic rings. The third-order valence-corrected chi connectivity index (χ3v) is 10.9. The topological polar surface area (TPSA) is 169 Å². The predicted molar refractivity (Wildman–Crippen MR) is 183 cm³/mol. The Bertz CT molecular complexity index is 1820. The van der Waals surface area contributed by atoms with E-state index in [2.05, 4.69) is 15.2 Å². The second-order valence-corrected chi connectivity index (χ2v) is 13.9. The predicted octanol–water partition coefficient (Wildman–Crippen LogP) is 3.57. The van der Waals surface area contributed by atoms with Crippen molar-refractivity contribution in [2.75, 3.05) is 44.6 Å². The van der Waals surface area contributed by atoms with Gasteiger partial charge in [0.2, 0.25) is 0 Å². The molecular formula is C36H44N6O8. The number of ether oxygens (including phenoxy) is 1. The summed E-state index contributed by atoms with van der Waals surface area (Å²) >= 11 is 0. The van der Waals surface area contributed by atoms with Gasteiger partial charge in [0, 0.05) is 56.9 Å². The largest absolute Gasteiger partial charge is 0.480 e. The summed E-state index contributed by atoms with van der Waals surface area (Å²) in [4.78, 5) is 74.4. The number of para-hydroxylation sites is 1. The van der Waals surface area contributed by atoms with Crippen molar-refractivity contribution in [3.8, 4) is 0 Å². The van der Waals surface area contributed by atoms with Gasteiger partial charge in [-0.1, -0.05) is 24.3 Å². The van der Waals surface area contributed by atoms with Crippen LogP contribution in [-0.4, -0.2) is 117 Å². The van der Waals surface area contributed by atoms with Gasteiger partial charge in [0.1, 0.15) is 6.04 Å². The molecule has 2 atom stereocenters. The number of urea groups is 1. The molecule has 4 aliphatic rings. The summed E-state index contributed by atoms with van der Waals surface area (Å²) in [7, 11) is 0. The van der Waals surface area contributed by atoms with Crippen molar-refractivity contribution in [1.29, 1.82) is 0 Å². The number of piperidine rings is 2. The molecule has 0 spiro atoms. The van der Waals surface area contributed by atoms with E-state index in [0.29, 0.717) is 81.5 Å². The van der Waals surface area contributed by atoms with Gasteiger partial charge in [-0.15, -0.1) is 0 Å². The lowest BCUT2D eigenvalue weighted by molar-refractivity contribution is -0.146. The number of anilines is 1. The number of benzene rings is 2. The maximum Gasteiger partial charge on any atom is 0.417 e. The van der Waals surface area contributed by atoms with Gasteiger partial charge in [-0.25, -0.2) is 14.4 Å². The first-order valence-corrected chi connectivity index (χ1v) is 17.7. The average Bonchev–Trinajstić information content (AvgIpc) is 3.72. The minimum atomic E-state index is -1.12. The lowest BCUT2D eigenvalue weighted by Crippen LogP contribution is -2.53. The lowest BCUT2D eigenvalue weighted by atomic mass is 9.99. The van der Waals surface area contributed by atoms with Gasteiger partial charge in [-0.2, -0.15) is 0 Å². The van der Waals surface area contributed by atoms with E-state index in [-0.39, 0.29) is 30.4 Å². The summed E-state index contributed by atoms with van der Waals surface area (Å²) in [5.41, 5.74) is 4.32. The number of H-pyrrole nitrogens is 1. The van der Waals surface area contributed by atoms with E-state index < -0.39 is 30.0 Å². The molecule has 3 N–H and O–H groups in total. The number of hydrogen-bond acceptors (Lipinski definition) is 8. The molecule has 266 valence electrons. The van der Waals surface area contributed by atoms with Gasteiger partial charge in [-0.3, -0.25) is 19.5 Å². The van der Waals surface area contributed by atoms with Gasteiger partial charge in [-0.05, 0) is 87.2 Å². The molecule has 0 aliphatic carbocycles. The van der Waals surface area contributed by atoms with Crippen molar-refractivity contribution >= 4 is 40.8 Å². The normalized spacial score (nSPS) is 21.5. The average molecular weight is 689 g/mol. The molecule has 0 saturated carbocycles. The van der Waals surface area contributed by atoms with Crippen LogP contribution in [0.5, 0.6) is 0 Å². The second kappa shape index (κ2) is 14.2. The van der Waals surface area contributed by atoms with E-state index >= 15 is 0 Å². The highest BCUT2D eigenvalue weighted by molar-refractivity contribution is 5.91. The number of aromatic amines is 1. The Balaban J connectivity index is 1.02. The van der Waals surface area contributed by atoms with E-state index in [1.165, 1.54) is 0 Å². The van der Waals surface area contributed by atoms with Crippen LogP contribution < -0.4 is 11.1 Å². The first-order valence-electron chi connectivity index (χ1n) is 17.7. The standard InChI is InChI=1S/C36H44N6O8/c1-22-19-23(20-29-31(22)38-35(47)49-29)21-30(32(43)39-14-9-25(10-15-39)41-13-4-7-28(41)33(44)45)50-36(48)40-16-11-26(12-17-40)42-18-8-24-5-2-3-6-27(24)37-34(42)46/h2-3,5-6,19-20,25-26,28,30H,4,7-18,21H2,1H3,(H,37,46)(H,38,47)(H,44,45)/t28-,30-/m1/s1. The number of carboxylic acids is 1. The molecule has 0 bridgehead atoms. The van der Waals surface area contributed by atoms with Crippen molar-refractivity contribution < 1.29 is 33.4 Å². The van der Waals surface area contributed by atoms with Crippen LogP contribution in [0.25, 0.3) is 11.1 Å². The second-order valence-electron chi connectivity index (χ2n) is 13.9. The van der Waals surface area contributed by atoms with Crippen LogP contribution in [-0.2, 0) is 27.2 Å². The molecule has 0 unspecified atom stereocenters. The summed E-state index contributed by atoms with van der Waals surface area (Å²) in [6.07, 6.45) is 3.05. The minimum absolute atomic E-state index is 0.0332. The molecule has 2 aromatic carbocycles. The van der Waals surface area contributed by atoms with Crippen LogP contribution in [0.4, 0.5) is 15.3 Å². The fourth-order valence-corrected chi connectivity index (χ4v) is 8.21. The van der Waals surface area contributed by atoms with Crippen LogP contribution in [0.2, 0.25) is 0 Å². The smallest absolute Gasteiger partial charge is 0.417 e. The van der Waals surface area contributed by atoms with Crippen molar-refractivity contribution in [2.45, 2.75) is 82.5 Å². The number of nitrogens with zero attached hydrogens (tertiary/aromatic N) is 4. The van der Waals surface area contributed by atoms with Crippen molar-refractivity contribution in [2.24, 2.45) is 0 Å². The number of aryl methyl sites for hydroxylation is 1. The molecule has 3 saturated heterocycles. The Morgan fingerprint density at radius 3 is 2.42 bits per heavy atom. The molecule has 3 fully saturated rings. The molecule has 4 amide bonds. The van der Waals surface area contributed by atoms with E-state index in [4.69, 9.17) is 9.15 Å². The Labute approximate surface area is 289 Å². The first kappa shape index (κ1) is 33.6. The summed E-state index contributed by atoms with van der Waals surface area (Å²) in [6.45, 7) is 4.78. The Morgan fingerprint density at radius 2 is 1.66 bits per heavy atom. The molecule has 50 heavy (non-hydrogen) atoms. The number of oxazole rings is 1. The number of likely N-dealkylation sites (tertiary alicyclic amines) is 3. The summed E-state index contributed by atoms with van der Waals surface area (Å²) in [5, 5.41) is 12.7. The number of hydrogen-bond donors (Lipinski definition) is 3. The maximum absolute atomic E-state index is 14.1. The van der Waals surface area contributed by atoms with Crippen LogP contribution in [0.1, 0.15) is 55.2 Å². The van der Waals surface area contributed by atoms with E-state index in [9.17, 15) is 29.1 Å². The monoisotopic (exact) mass is 688 g/mol. The zero-order valence-electron chi connectivity index (χ0n) is 28.3. The van der Waals surface area contributed by atoms with E-state index in [1.807, 2.05) is 42.2 Å². The van der Waals surface area contributed by atoms with Crippen LogP contribution in [0, 0.1) is 6.92 Å². The molecule has 7 rings (SSSR count). The lowest BCUT2D eigenvalue weighted by Gasteiger charge is -2.40. The zero-order valence-corrected chi connectivity index (χ0v) is 28.3.